The first-order valence-electron chi connectivity index (χ1n) is 5.20. The van der Waals surface area contributed by atoms with Crippen LogP contribution in [0.4, 0.5) is 0 Å². The average molecular weight is 214 g/mol. The molecule has 5 nitrogen and oxygen atoms in total. The van der Waals surface area contributed by atoms with Crippen LogP contribution in [0.5, 0.6) is 0 Å². The normalized spacial score (nSPS) is 20.4. The summed E-state index contributed by atoms with van der Waals surface area (Å²) in [5.74, 6) is -0.167. The van der Waals surface area contributed by atoms with Crippen molar-refractivity contribution in [2.45, 2.75) is 25.8 Å². The van der Waals surface area contributed by atoms with E-state index in [1.165, 1.54) is 7.11 Å². The van der Waals surface area contributed by atoms with Gasteiger partial charge in [-0.25, -0.2) is 0 Å². The monoisotopic (exact) mass is 214 g/mol. The SMILES string of the molecule is COC(=O)CNC[C@H]1CCCN1C(C)=O. The van der Waals surface area contributed by atoms with Crippen molar-refractivity contribution in [2.75, 3.05) is 26.7 Å². The van der Waals surface area contributed by atoms with Crippen LogP contribution in [0.1, 0.15) is 19.8 Å². The van der Waals surface area contributed by atoms with E-state index in [0.29, 0.717) is 6.54 Å². The van der Waals surface area contributed by atoms with Crippen LogP contribution < -0.4 is 5.32 Å². The zero-order valence-corrected chi connectivity index (χ0v) is 9.28. The highest BCUT2D eigenvalue weighted by atomic mass is 16.5. The Kier molecular flexibility index (Phi) is 4.55. The Hall–Kier alpha value is -1.10. The van der Waals surface area contributed by atoms with E-state index < -0.39 is 0 Å². The van der Waals surface area contributed by atoms with Crippen molar-refractivity contribution < 1.29 is 14.3 Å². The molecule has 0 aromatic heterocycles. The van der Waals surface area contributed by atoms with E-state index in [-0.39, 0.29) is 24.5 Å². The number of carbonyl (C=O) groups excluding carboxylic acids is 2. The highest BCUT2D eigenvalue weighted by molar-refractivity contribution is 5.74. The van der Waals surface area contributed by atoms with Gasteiger partial charge in [-0.15, -0.1) is 0 Å². The molecule has 1 fully saturated rings. The molecule has 86 valence electrons. The molecule has 1 atom stereocenters. The third-order valence-electron chi connectivity index (χ3n) is 2.66. The maximum absolute atomic E-state index is 11.2. The lowest BCUT2D eigenvalue weighted by Gasteiger charge is -2.23. The number of esters is 1. The summed E-state index contributed by atoms with van der Waals surface area (Å²) in [6.45, 7) is 3.28. The number of nitrogens with zero attached hydrogens (tertiary/aromatic N) is 1. The molecule has 0 saturated carbocycles. The Morgan fingerprint density at radius 1 is 1.53 bits per heavy atom. The van der Waals surface area contributed by atoms with E-state index >= 15 is 0 Å². The van der Waals surface area contributed by atoms with Crippen LogP contribution in [0.25, 0.3) is 0 Å². The van der Waals surface area contributed by atoms with Crippen LogP contribution in [0.3, 0.4) is 0 Å². The molecule has 0 aromatic rings. The second-order valence-electron chi connectivity index (χ2n) is 3.72. The second kappa shape index (κ2) is 5.70. The zero-order valence-electron chi connectivity index (χ0n) is 9.28. The van der Waals surface area contributed by atoms with Gasteiger partial charge < -0.3 is 15.0 Å². The lowest BCUT2D eigenvalue weighted by atomic mass is 10.2. The summed E-state index contributed by atoms with van der Waals surface area (Å²) < 4.78 is 4.51. The van der Waals surface area contributed by atoms with Gasteiger partial charge in [0.2, 0.25) is 5.91 Å². The van der Waals surface area contributed by atoms with E-state index in [1.807, 2.05) is 4.90 Å². The summed E-state index contributed by atoms with van der Waals surface area (Å²) in [6, 6.07) is 0.229. The minimum absolute atomic E-state index is 0.109. The molecule has 1 N–H and O–H groups in total. The molecule has 0 aromatic carbocycles. The molecule has 0 radical (unpaired) electrons. The number of likely N-dealkylation sites (tertiary alicyclic amines) is 1. The lowest BCUT2D eigenvalue weighted by Crippen LogP contribution is -2.41. The topological polar surface area (TPSA) is 58.6 Å². The van der Waals surface area contributed by atoms with Crippen molar-refractivity contribution in [2.24, 2.45) is 0 Å². The fourth-order valence-corrected chi connectivity index (χ4v) is 1.88. The quantitative estimate of drug-likeness (QED) is 0.656. The number of rotatable bonds is 4. The van der Waals surface area contributed by atoms with Gasteiger partial charge in [-0.2, -0.15) is 0 Å². The van der Waals surface area contributed by atoms with Gasteiger partial charge in [0.1, 0.15) is 0 Å². The highest BCUT2D eigenvalue weighted by Gasteiger charge is 2.25. The third-order valence-corrected chi connectivity index (χ3v) is 2.66. The summed E-state index contributed by atoms with van der Waals surface area (Å²) in [5, 5.41) is 2.99. The second-order valence-corrected chi connectivity index (χ2v) is 3.72. The molecule has 1 amide bonds. The van der Waals surface area contributed by atoms with Gasteiger partial charge in [-0.1, -0.05) is 0 Å². The summed E-state index contributed by atoms with van der Waals surface area (Å²) in [5.41, 5.74) is 0. The molecule has 1 aliphatic heterocycles. The Bertz CT molecular complexity index is 243. The van der Waals surface area contributed by atoms with Crippen LogP contribution in [0.15, 0.2) is 0 Å². The Balaban J connectivity index is 2.26. The molecule has 0 spiro atoms. The summed E-state index contributed by atoms with van der Waals surface area (Å²) in [7, 11) is 1.36. The van der Waals surface area contributed by atoms with Crippen molar-refractivity contribution in [3.63, 3.8) is 0 Å². The first kappa shape index (κ1) is 12.0. The highest BCUT2D eigenvalue weighted by Crippen LogP contribution is 2.16. The van der Waals surface area contributed by atoms with Crippen LogP contribution in [0, 0.1) is 0 Å². The van der Waals surface area contributed by atoms with Gasteiger partial charge in [-0.3, -0.25) is 9.59 Å². The van der Waals surface area contributed by atoms with Gasteiger partial charge in [0.25, 0.3) is 0 Å². The number of nitrogens with one attached hydrogen (secondary N) is 1. The summed E-state index contributed by atoms with van der Waals surface area (Å²) in [6.07, 6.45) is 2.05. The lowest BCUT2D eigenvalue weighted by molar-refractivity contribution is -0.139. The predicted molar refractivity (Wildman–Crippen MR) is 55.3 cm³/mol. The van der Waals surface area contributed by atoms with Gasteiger partial charge in [0.05, 0.1) is 13.7 Å². The number of hydrogen-bond acceptors (Lipinski definition) is 4. The predicted octanol–water partition coefficient (Wildman–Crippen LogP) is -0.240. The zero-order chi connectivity index (χ0) is 11.3. The minimum atomic E-state index is -0.276. The summed E-state index contributed by atoms with van der Waals surface area (Å²) >= 11 is 0. The number of methoxy groups -OCH3 is 1. The van der Waals surface area contributed by atoms with E-state index in [4.69, 9.17) is 0 Å². The van der Waals surface area contributed by atoms with E-state index in [9.17, 15) is 9.59 Å². The molecule has 0 unspecified atom stereocenters. The number of amides is 1. The summed E-state index contributed by atoms with van der Waals surface area (Å²) in [4.78, 5) is 23.9. The molecule has 1 heterocycles. The third kappa shape index (κ3) is 3.51. The maximum atomic E-state index is 11.2. The molecule has 1 aliphatic rings. The van der Waals surface area contributed by atoms with Gasteiger partial charge in [0.15, 0.2) is 0 Å². The molecule has 0 aliphatic carbocycles. The van der Waals surface area contributed by atoms with Crippen LogP contribution in [-0.2, 0) is 14.3 Å². The molecule has 0 bridgehead atoms. The van der Waals surface area contributed by atoms with Crippen molar-refractivity contribution in [3.8, 4) is 0 Å². The first-order chi connectivity index (χ1) is 7.15. The van der Waals surface area contributed by atoms with Crippen molar-refractivity contribution in [1.29, 1.82) is 0 Å². The average Bonchev–Trinajstić information content (AvgIpc) is 2.65. The molecule has 15 heavy (non-hydrogen) atoms. The minimum Gasteiger partial charge on any atom is -0.468 e. The van der Waals surface area contributed by atoms with Crippen LogP contribution >= 0.6 is 0 Å². The molecular formula is C10H18N2O3. The maximum Gasteiger partial charge on any atom is 0.319 e. The number of hydrogen-bond donors (Lipinski definition) is 1. The van der Waals surface area contributed by atoms with Gasteiger partial charge >= 0.3 is 5.97 Å². The Morgan fingerprint density at radius 3 is 2.87 bits per heavy atom. The van der Waals surface area contributed by atoms with Crippen LogP contribution in [0.2, 0.25) is 0 Å². The Labute approximate surface area is 89.8 Å². The largest absolute Gasteiger partial charge is 0.468 e. The Morgan fingerprint density at radius 2 is 2.27 bits per heavy atom. The van der Waals surface area contributed by atoms with Crippen molar-refractivity contribution in [3.05, 3.63) is 0 Å². The first-order valence-corrected chi connectivity index (χ1v) is 5.20. The van der Waals surface area contributed by atoms with Crippen molar-refractivity contribution in [1.82, 2.24) is 10.2 Å². The van der Waals surface area contributed by atoms with Gasteiger partial charge in [0, 0.05) is 26.1 Å². The van der Waals surface area contributed by atoms with Crippen LogP contribution in [-0.4, -0.2) is 49.6 Å². The van der Waals surface area contributed by atoms with E-state index in [2.05, 4.69) is 10.1 Å². The molecule has 1 rings (SSSR count). The number of ether oxygens (including phenoxy) is 1. The molecule has 5 heteroatoms. The van der Waals surface area contributed by atoms with E-state index in [0.717, 1.165) is 19.4 Å². The fraction of sp³-hybridized carbons (Fsp3) is 0.800. The van der Waals surface area contributed by atoms with E-state index in [1.54, 1.807) is 6.92 Å². The van der Waals surface area contributed by atoms with Gasteiger partial charge in [-0.05, 0) is 12.8 Å². The fourth-order valence-electron chi connectivity index (χ4n) is 1.88. The van der Waals surface area contributed by atoms with Crippen molar-refractivity contribution >= 4 is 11.9 Å². The molecule has 1 saturated heterocycles. The number of carbonyl (C=O) groups is 2. The molecular weight excluding hydrogens is 196 g/mol. The smallest absolute Gasteiger partial charge is 0.319 e. The standard InChI is InChI=1S/C10H18N2O3/c1-8(13)12-5-3-4-9(12)6-11-7-10(14)15-2/h9,11H,3-7H2,1-2H3/t9-/m1/s1.